The molecule has 1 aromatic rings. The lowest BCUT2D eigenvalue weighted by Crippen LogP contribution is -2.50. The van der Waals surface area contributed by atoms with Crippen molar-refractivity contribution in [1.29, 1.82) is 0 Å². The molecule has 0 saturated carbocycles. The van der Waals surface area contributed by atoms with Gasteiger partial charge in [-0.15, -0.1) is 0 Å². The molecular formula is C17H25N3O2. The fourth-order valence-electron chi connectivity index (χ4n) is 2.65. The van der Waals surface area contributed by atoms with Crippen LogP contribution in [0.5, 0.6) is 0 Å². The fourth-order valence-corrected chi connectivity index (χ4v) is 2.65. The minimum absolute atomic E-state index is 0.0547. The first-order chi connectivity index (χ1) is 10.6. The maximum Gasteiger partial charge on any atom is 0.234 e. The Morgan fingerprint density at radius 2 is 1.77 bits per heavy atom. The van der Waals surface area contributed by atoms with E-state index in [2.05, 4.69) is 29.3 Å². The van der Waals surface area contributed by atoms with E-state index in [-0.39, 0.29) is 11.8 Å². The van der Waals surface area contributed by atoms with Gasteiger partial charge in [0.05, 0.1) is 6.54 Å². The van der Waals surface area contributed by atoms with Crippen LogP contribution in [0.3, 0.4) is 0 Å². The first-order valence-electron chi connectivity index (χ1n) is 7.86. The highest BCUT2D eigenvalue weighted by molar-refractivity contribution is 5.78. The minimum Gasteiger partial charge on any atom is -0.354 e. The Morgan fingerprint density at radius 3 is 2.36 bits per heavy atom. The number of carbonyl (C=O) groups is 2. The Morgan fingerprint density at radius 1 is 1.14 bits per heavy atom. The van der Waals surface area contributed by atoms with E-state index in [0.29, 0.717) is 32.1 Å². The molecule has 0 radical (unpaired) electrons. The maximum atomic E-state index is 12.0. The predicted molar refractivity (Wildman–Crippen MR) is 86.6 cm³/mol. The molecule has 120 valence electrons. The van der Waals surface area contributed by atoms with E-state index in [9.17, 15) is 9.59 Å². The average Bonchev–Trinajstić information content (AvgIpc) is 2.54. The third-order valence-corrected chi connectivity index (χ3v) is 4.16. The summed E-state index contributed by atoms with van der Waals surface area (Å²) >= 11 is 0. The summed E-state index contributed by atoms with van der Waals surface area (Å²) < 4.78 is 0. The van der Waals surface area contributed by atoms with Crippen molar-refractivity contribution >= 4 is 11.8 Å². The fraction of sp³-hybridized carbons (Fsp3) is 0.529. The highest BCUT2D eigenvalue weighted by Gasteiger charge is 2.20. The molecule has 0 unspecified atom stereocenters. The molecule has 0 bridgehead atoms. The molecule has 0 aromatic heterocycles. The van der Waals surface area contributed by atoms with Gasteiger partial charge >= 0.3 is 0 Å². The van der Waals surface area contributed by atoms with Crippen LogP contribution in [-0.4, -0.2) is 60.9 Å². The van der Waals surface area contributed by atoms with Gasteiger partial charge in [-0.3, -0.25) is 14.5 Å². The van der Waals surface area contributed by atoms with Crippen LogP contribution in [0.1, 0.15) is 25.3 Å². The highest BCUT2D eigenvalue weighted by Crippen LogP contribution is 2.12. The van der Waals surface area contributed by atoms with E-state index in [1.807, 2.05) is 23.1 Å². The number of carbonyl (C=O) groups excluding carboxylic acids is 2. The summed E-state index contributed by atoms with van der Waals surface area (Å²) in [5.41, 5.74) is 1.23. The first-order valence-corrected chi connectivity index (χ1v) is 7.86. The monoisotopic (exact) mass is 303 g/mol. The summed E-state index contributed by atoms with van der Waals surface area (Å²) in [7, 11) is 0. The molecule has 0 aliphatic carbocycles. The van der Waals surface area contributed by atoms with Gasteiger partial charge in [-0.1, -0.05) is 37.3 Å². The second-order valence-electron chi connectivity index (χ2n) is 5.90. The smallest absolute Gasteiger partial charge is 0.234 e. The molecule has 1 aromatic carbocycles. The Bertz CT molecular complexity index is 496. The molecule has 1 aliphatic heterocycles. The van der Waals surface area contributed by atoms with Gasteiger partial charge in [-0.2, -0.15) is 0 Å². The summed E-state index contributed by atoms with van der Waals surface area (Å²) in [5.74, 6) is 0.472. The van der Waals surface area contributed by atoms with E-state index in [1.54, 1.807) is 6.92 Å². The molecule has 1 heterocycles. The van der Waals surface area contributed by atoms with Crippen molar-refractivity contribution in [2.75, 3.05) is 39.3 Å². The van der Waals surface area contributed by atoms with Crippen LogP contribution in [0.2, 0.25) is 0 Å². The normalized spacial score (nSPS) is 17.1. The van der Waals surface area contributed by atoms with Crippen molar-refractivity contribution in [3.8, 4) is 0 Å². The van der Waals surface area contributed by atoms with Crippen molar-refractivity contribution in [3.63, 3.8) is 0 Å². The number of rotatable bonds is 5. The molecule has 2 amide bonds. The van der Waals surface area contributed by atoms with Gasteiger partial charge < -0.3 is 10.2 Å². The number of amides is 2. The summed E-state index contributed by atoms with van der Waals surface area (Å²) in [4.78, 5) is 27.2. The van der Waals surface area contributed by atoms with Crippen LogP contribution >= 0.6 is 0 Å². The third-order valence-electron chi connectivity index (χ3n) is 4.16. The number of nitrogens with one attached hydrogen (secondary N) is 1. The molecule has 0 spiro atoms. The van der Waals surface area contributed by atoms with Crippen molar-refractivity contribution in [2.24, 2.45) is 0 Å². The van der Waals surface area contributed by atoms with Crippen LogP contribution in [0, 0.1) is 0 Å². The SMILES string of the molecule is CC(=O)N1CCN(CC(=O)NC[C@@H](C)c2ccccc2)CC1. The standard InChI is InChI=1S/C17H25N3O2/c1-14(16-6-4-3-5-7-16)12-18-17(22)13-19-8-10-20(11-9-19)15(2)21/h3-7,14H,8-13H2,1-2H3,(H,18,22)/t14-/m1/s1. The molecule has 22 heavy (non-hydrogen) atoms. The summed E-state index contributed by atoms with van der Waals surface area (Å²) in [6, 6.07) is 10.2. The second-order valence-corrected chi connectivity index (χ2v) is 5.90. The third kappa shape index (κ3) is 4.84. The maximum absolute atomic E-state index is 12.0. The number of piperazine rings is 1. The lowest BCUT2D eigenvalue weighted by atomic mass is 10.0. The predicted octanol–water partition coefficient (Wildman–Crippen LogP) is 1.07. The van der Waals surface area contributed by atoms with Crippen LogP contribution in [-0.2, 0) is 9.59 Å². The lowest BCUT2D eigenvalue weighted by molar-refractivity contribution is -0.131. The van der Waals surface area contributed by atoms with Crippen LogP contribution in [0.15, 0.2) is 30.3 Å². The lowest BCUT2D eigenvalue weighted by Gasteiger charge is -2.33. The summed E-state index contributed by atoms with van der Waals surface area (Å²) in [6.07, 6.45) is 0. The Kier molecular flexibility index (Phi) is 5.95. The zero-order chi connectivity index (χ0) is 15.9. The molecule has 1 fully saturated rings. The number of hydrogen-bond acceptors (Lipinski definition) is 3. The molecule has 2 rings (SSSR count). The summed E-state index contributed by atoms with van der Waals surface area (Å²) in [6.45, 7) is 7.71. The molecule has 1 N–H and O–H groups in total. The second kappa shape index (κ2) is 7.94. The van der Waals surface area contributed by atoms with Crippen LogP contribution in [0.25, 0.3) is 0 Å². The van der Waals surface area contributed by atoms with E-state index < -0.39 is 0 Å². The average molecular weight is 303 g/mol. The van der Waals surface area contributed by atoms with Crippen molar-refractivity contribution in [3.05, 3.63) is 35.9 Å². The van der Waals surface area contributed by atoms with Gasteiger partial charge in [0, 0.05) is 39.6 Å². The molecule has 1 saturated heterocycles. The van der Waals surface area contributed by atoms with Crippen molar-refractivity contribution in [2.45, 2.75) is 19.8 Å². The summed E-state index contributed by atoms with van der Waals surface area (Å²) in [5, 5.41) is 3.00. The topological polar surface area (TPSA) is 52.7 Å². The number of hydrogen-bond donors (Lipinski definition) is 1. The van der Waals surface area contributed by atoms with Gasteiger partial charge in [0.15, 0.2) is 0 Å². The van der Waals surface area contributed by atoms with Gasteiger partial charge in [-0.25, -0.2) is 0 Å². The Labute approximate surface area is 132 Å². The van der Waals surface area contributed by atoms with Gasteiger partial charge in [0.1, 0.15) is 0 Å². The molecular weight excluding hydrogens is 278 g/mol. The van der Waals surface area contributed by atoms with Gasteiger partial charge in [0.2, 0.25) is 11.8 Å². The van der Waals surface area contributed by atoms with Crippen LogP contribution < -0.4 is 5.32 Å². The minimum atomic E-state index is 0.0547. The van der Waals surface area contributed by atoms with Gasteiger partial charge in [0.25, 0.3) is 0 Å². The van der Waals surface area contributed by atoms with Crippen molar-refractivity contribution < 1.29 is 9.59 Å². The van der Waals surface area contributed by atoms with Crippen LogP contribution in [0.4, 0.5) is 0 Å². The van der Waals surface area contributed by atoms with E-state index >= 15 is 0 Å². The molecule has 1 aliphatic rings. The molecule has 5 heteroatoms. The number of nitrogens with zero attached hydrogens (tertiary/aromatic N) is 2. The largest absolute Gasteiger partial charge is 0.354 e. The number of benzene rings is 1. The zero-order valence-electron chi connectivity index (χ0n) is 13.4. The molecule has 5 nitrogen and oxygen atoms in total. The van der Waals surface area contributed by atoms with Gasteiger partial charge in [-0.05, 0) is 11.5 Å². The van der Waals surface area contributed by atoms with Crippen molar-refractivity contribution in [1.82, 2.24) is 15.1 Å². The van der Waals surface area contributed by atoms with E-state index in [4.69, 9.17) is 0 Å². The quantitative estimate of drug-likeness (QED) is 0.885. The Hall–Kier alpha value is -1.88. The zero-order valence-corrected chi connectivity index (χ0v) is 13.4. The Balaban J connectivity index is 1.69. The van der Waals surface area contributed by atoms with E-state index in [0.717, 1.165) is 13.1 Å². The first kappa shape index (κ1) is 16.5. The highest BCUT2D eigenvalue weighted by atomic mass is 16.2. The van der Waals surface area contributed by atoms with E-state index in [1.165, 1.54) is 5.56 Å². The molecule has 1 atom stereocenters.